The predicted octanol–water partition coefficient (Wildman–Crippen LogP) is 3.51. The fourth-order valence-electron chi connectivity index (χ4n) is 3.80. The van der Waals surface area contributed by atoms with Crippen LogP contribution in [0.4, 0.5) is 4.39 Å². The van der Waals surface area contributed by atoms with Crippen molar-refractivity contribution < 1.29 is 9.18 Å². The molecule has 2 aliphatic rings. The highest BCUT2D eigenvalue weighted by Gasteiger charge is 2.42. The molecule has 1 saturated carbocycles. The number of nitrogens with two attached hydrogens (primary N) is 1. The summed E-state index contributed by atoms with van der Waals surface area (Å²) in [5.41, 5.74) is 5.94. The summed E-state index contributed by atoms with van der Waals surface area (Å²) in [7, 11) is 0. The van der Waals surface area contributed by atoms with Gasteiger partial charge in [0, 0.05) is 48.6 Å². The quantitative estimate of drug-likeness (QED) is 0.363. The molecule has 1 aliphatic heterocycles. The van der Waals surface area contributed by atoms with Gasteiger partial charge in [-0.1, -0.05) is 17.7 Å². The highest BCUT2D eigenvalue weighted by molar-refractivity contribution is 14.0. The van der Waals surface area contributed by atoms with Crippen LogP contribution in [0.5, 0.6) is 0 Å². The average molecular weight is 509 g/mol. The van der Waals surface area contributed by atoms with E-state index < -0.39 is 0 Å². The second-order valence-corrected chi connectivity index (χ2v) is 7.56. The van der Waals surface area contributed by atoms with Crippen LogP contribution in [-0.2, 0) is 4.79 Å². The van der Waals surface area contributed by atoms with Crippen LogP contribution in [0.1, 0.15) is 44.1 Å². The molecule has 2 fully saturated rings. The number of nitrogens with zero attached hydrogens (tertiary/aromatic N) is 2. The summed E-state index contributed by atoms with van der Waals surface area (Å²) in [5, 5.41) is 3.95. The third-order valence-electron chi connectivity index (χ3n) is 5.09. The first-order chi connectivity index (χ1) is 12.5. The van der Waals surface area contributed by atoms with E-state index >= 15 is 0 Å². The molecule has 0 spiro atoms. The number of hydrogen-bond donors (Lipinski definition) is 2. The van der Waals surface area contributed by atoms with E-state index in [1.54, 1.807) is 12.1 Å². The zero-order valence-corrected chi connectivity index (χ0v) is 18.5. The Morgan fingerprint density at radius 3 is 2.93 bits per heavy atom. The summed E-state index contributed by atoms with van der Waals surface area (Å²) in [4.78, 5) is 18.0. The van der Waals surface area contributed by atoms with Crippen LogP contribution in [0.15, 0.2) is 23.2 Å². The Bertz CT molecular complexity index is 682. The van der Waals surface area contributed by atoms with Gasteiger partial charge in [-0.15, -0.1) is 24.0 Å². The number of carbonyl (C=O) groups excluding carboxylic acids is 1. The number of hydrogen-bond acceptors (Lipinski definition) is 2. The Hall–Kier alpha value is -1.09. The standard InChI is InChI=1S/C19H26ClFN4O.HI/c1-2-23-19(25-8-4-5-12(11-25)9-17(22)26)24-16-10-13(16)18-14(20)6-3-7-15(18)21;/h3,6-7,12-13,16H,2,4-5,8-11H2,1H3,(H2,22,26)(H,23,24);1H. The molecule has 3 rings (SSSR count). The second kappa shape index (κ2) is 9.91. The first kappa shape index (κ1) is 22.2. The molecule has 1 aromatic carbocycles. The highest BCUT2D eigenvalue weighted by Crippen LogP contribution is 2.45. The van der Waals surface area contributed by atoms with Crippen LogP contribution >= 0.6 is 35.6 Å². The van der Waals surface area contributed by atoms with Crippen LogP contribution < -0.4 is 11.1 Å². The number of nitrogens with one attached hydrogen (secondary N) is 1. The van der Waals surface area contributed by atoms with Crippen molar-refractivity contribution in [3.63, 3.8) is 0 Å². The second-order valence-electron chi connectivity index (χ2n) is 7.15. The molecule has 150 valence electrons. The lowest BCUT2D eigenvalue weighted by molar-refractivity contribution is -0.119. The monoisotopic (exact) mass is 508 g/mol. The molecule has 27 heavy (non-hydrogen) atoms. The number of rotatable bonds is 5. The molecule has 1 aromatic rings. The van der Waals surface area contributed by atoms with E-state index in [0.717, 1.165) is 38.3 Å². The lowest BCUT2D eigenvalue weighted by atomic mass is 9.95. The van der Waals surface area contributed by atoms with Crippen molar-refractivity contribution in [2.24, 2.45) is 16.6 Å². The van der Waals surface area contributed by atoms with Crippen LogP contribution in [0.25, 0.3) is 0 Å². The van der Waals surface area contributed by atoms with Gasteiger partial charge in [-0.25, -0.2) is 4.39 Å². The minimum absolute atomic E-state index is 0. The molecule has 1 aliphatic carbocycles. The number of carbonyl (C=O) groups is 1. The maximum atomic E-state index is 14.1. The Kier molecular flexibility index (Phi) is 8.15. The number of benzene rings is 1. The molecular weight excluding hydrogens is 482 g/mol. The Balaban J connectivity index is 0.00000261. The highest BCUT2D eigenvalue weighted by atomic mass is 127. The van der Waals surface area contributed by atoms with Crippen LogP contribution in [-0.4, -0.2) is 42.4 Å². The van der Waals surface area contributed by atoms with Gasteiger partial charge in [0.1, 0.15) is 5.82 Å². The summed E-state index contributed by atoms with van der Waals surface area (Å²) in [6.07, 6.45) is 3.26. The Morgan fingerprint density at radius 2 is 2.26 bits per heavy atom. The third-order valence-corrected chi connectivity index (χ3v) is 5.42. The molecule has 0 radical (unpaired) electrons. The Labute approximate surface area is 181 Å². The van der Waals surface area contributed by atoms with E-state index in [1.807, 2.05) is 6.92 Å². The van der Waals surface area contributed by atoms with Crippen molar-refractivity contribution >= 4 is 47.4 Å². The van der Waals surface area contributed by atoms with Crippen molar-refractivity contribution in [1.82, 2.24) is 10.2 Å². The number of piperidine rings is 1. The van der Waals surface area contributed by atoms with Gasteiger partial charge in [0.2, 0.25) is 5.91 Å². The average Bonchev–Trinajstić information content (AvgIpc) is 3.33. The topological polar surface area (TPSA) is 70.7 Å². The Morgan fingerprint density at radius 1 is 1.48 bits per heavy atom. The van der Waals surface area contributed by atoms with E-state index in [9.17, 15) is 9.18 Å². The SMILES string of the molecule is CCN=C(NC1CC1c1c(F)cccc1Cl)N1CCCC(CC(N)=O)C1.I. The first-order valence-electron chi connectivity index (χ1n) is 9.27. The number of guanidine groups is 1. The molecule has 1 amide bonds. The van der Waals surface area contributed by atoms with E-state index in [0.29, 0.717) is 23.6 Å². The van der Waals surface area contributed by atoms with Crippen molar-refractivity contribution in [3.8, 4) is 0 Å². The van der Waals surface area contributed by atoms with Crippen molar-refractivity contribution in [1.29, 1.82) is 0 Å². The smallest absolute Gasteiger partial charge is 0.217 e. The van der Waals surface area contributed by atoms with Crippen molar-refractivity contribution in [2.45, 2.75) is 44.6 Å². The predicted molar refractivity (Wildman–Crippen MR) is 117 cm³/mol. The molecule has 3 atom stereocenters. The van der Waals surface area contributed by atoms with Crippen LogP contribution in [0.2, 0.25) is 5.02 Å². The van der Waals surface area contributed by atoms with Gasteiger partial charge in [-0.05, 0) is 44.2 Å². The van der Waals surface area contributed by atoms with Crippen molar-refractivity contribution in [2.75, 3.05) is 19.6 Å². The minimum Gasteiger partial charge on any atom is -0.370 e. The molecule has 0 aromatic heterocycles. The molecule has 5 nitrogen and oxygen atoms in total. The molecule has 1 heterocycles. The maximum absolute atomic E-state index is 14.1. The minimum atomic E-state index is -0.254. The van der Waals surface area contributed by atoms with Gasteiger partial charge in [0.05, 0.1) is 0 Å². The molecule has 3 N–H and O–H groups in total. The van der Waals surface area contributed by atoms with Crippen LogP contribution in [0.3, 0.4) is 0 Å². The van der Waals surface area contributed by atoms with E-state index in [1.165, 1.54) is 6.07 Å². The van der Waals surface area contributed by atoms with Gasteiger partial charge >= 0.3 is 0 Å². The van der Waals surface area contributed by atoms with Gasteiger partial charge in [-0.2, -0.15) is 0 Å². The molecular formula is C19H27ClFIN4O. The summed E-state index contributed by atoms with van der Waals surface area (Å²) in [5.74, 6) is 0.662. The summed E-state index contributed by atoms with van der Waals surface area (Å²) in [6, 6.07) is 4.94. The number of halogens is 3. The van der Waals surface area contributed by atoms with E-state index in [4.69, 9.17) is 17.3 Å². The lowest BCUT2D eigenvalue weighted by Gasteiger charge is -2.35. The first-order valence-corrected chi connectivity index (χ1v) is 9.65. The van der Waals surface area contributed by atoms with Gasteiger partial charge in [0.15, 0.2) is 5.96 Å². The normalized spacial score (nSPS) is 24.9. The van der Waals surface area contributed by atoms with Crippen LogP contribution in [0, 0.1) is 11.7 Å². The van der Waals surface area contributed by atoms with Crippen molar-refractivity contribution in [3.05, 3.63) is 34.6 Å². The molecule has 8 heteroatoms. The maximum Gasteiger partial charge on any atom is 0.217 e. The lowest BCUT2D eigenvalue weighted by Crippen LogP contribution is -2.48. The number of likely N-dealkylation sites (tertiary alicyclic amines) is 1. The molecule has 0 bridgehead atoms. The summed E-state index contributed by atoms with van der Waals surface area (Å²) in [6.45, 7) is 4.33. The zero-order valence-electron chi connectivity index (χ0n) is 15.5. The summed E-state index contributed by atoms with van der Waals surface area (Å²) < 4.78 is 14.1. The largest absolute Gasteiger partial charge is 0.370 e. The van der Waals surface area contributed by atoms with E-state index in [-0.39, 0.29) is 53.6 Å². The molecule has 1 saturated heterocycles. The van der Waals surface area contributed by atoms with E-state index in [2.05, 4.69) is 15.2 Å². The number of primary amides is 1. The van der Waals surface area contributed by atoms with Gasteiger partial charge < -0.3 is 16.0 Å². The third kappa shape index (κ3) is 5.70. The number of aliphatic imine (C=N–C) groups is 1. The fourth-order valence-corrected chi connectivity index (χ4v) is 4.10. The number of amides is 1. The molecule has 3 unspecified atom stereocenters. The fraction of sp³-hybridized carbons (Fsp3) is 0.579. The van der Waals surface area contributed by atoms with Gasteiger partial charge in [0.25, 0.3) is 0 Å². The summed E-state index contributed by atoms with van der Waals surface area (Å²) >= 11 is 6.19. The van der Waals surface area contributed by atoms with Gasteiger partial charge in [-0.3, -0.25) is 9.79 Å². The zero-order chi connectivity index (χ0) is 18.7.